The molecule has 34 heavy (non-hydrogen) atoms. The number of hydrogen-bond acceptors (Lipinski definition) is 4. The highest BCUT2D eigenvalue weighted by molar-refractivity contribution is 6.34. The predicted molar refractivity (Wildman–Crippen MR) is 131 cm³/mol. The molecule has 2 heterocycles. The molecule has 3 N–H and O–H groups in total. The number of hydrogen-bond donors (Lipinski definition) is 2. The van der Waals surface area contributed by atoms with Crippen LogP contribution in [0.25, 0.3) is 11.0 Å². The van der Waals surface area contributed by atoms with Crippen LogP contribution in [0.1, 0.15) is 32.3 Å². The second-order valence-corrected chi connectivity index (χ2v) is 8.66. The van der Waals surface area contributed by atoms with Gasteiger partial charge in [0.1, 0.15) is 5.82 Å². The quantitative estimate of drug-likeness (QED) is 0.363. The van der Waals surface area contributed by atoms with Crippen molar-refractivity contribution in [2.75, 3.05) is 23.3 Å². The highest BCUT2D eigenvalue weighted by Crippen LogP contribution is 2.39. The Morgan fingerprint density at radius 1 is 1.09 bits per heavy atom. The van der Waals surface area contributed by atoms with Gasteiger partial charge in [-0.15, -0.1) is 0 Å². The lowest BCUT2D eigenvalue weighted by atomic mass is 9.96. The number of fused-ring (bicyclic) bond motifs is 1. The standard InChI is InChI=1S/C21H21Cl2F4N5.C2H6/c1-31-19-9-18(32-4-2-12(3-5-32)21(25,26)27)14(23)8-17(19)30-20(31)29-16-6-11(10-28)15(24)7-13(16)22;1-2/h6-9,12H,2-5,10,28H2,1H3,(H,29,30);1-2H3. The maximum absolute atomic E-state index is 13.9. The van der Waals surface area contributed by atoms with Gasteiger partial charge in [-0.25, -0.2) is 9.37 Å². The zero-order valence-electron chi connectivity index (χ0n) is 19.1. The molecule has 1 aliphatic rings. The van der Waals surface area contributed by atoms with E-state index in [-0.39, 0.29) is 37.5 Å². The minimum Gasteiger partial charge on any atom is -0.370 e. The van der Waals surface area contributed by atoms with Crippen molar-refractivity contribution in [3.05, 3.63) is 45.7 Å². The summed E-state index contributed by atoms with van der Waals surface area (Å²) < 4.78 is 54.6. The normalized spacial score (nSPS) is 14.8. The smallest absolute Gasteiger partial charge is 0.370 e. The molecule has 0 bridgehead atoms. The molecule has 3 aromatic rings. The maximum Gasteiger partial charge on any atom is 0.391 e. The van der Waals surface area contributed by atoms with Crippen LogP contribution in [0, 0.1) is 11.7 Å². The van der Waals surface area contributed by atoms with Crippen molar-refractivity contribution in [1.82, 2.24) is 9.55 Å². The van der Waals surface area contributed by atoms with Gasteiger partial charge < -0.3 is 20.5 Å². The Kier molecular flexibility index (Phi) is 8.21. The van der Waals surface area contributed by atoms with E-state index in [4.69, 9.17) is 28.9 Å². The van der Waals surface area contributed by atoms with Crippen molar-refractivity contribution >= 4 is 51.6 Å². The molecule has 0 radical (unpaired) electrons. The lowest BCUT2D eigenvalue weighted by Gasteiger charge is -2.34. The fraction of sp³-hybridized carbons (Fsp3) is 0.435. The lowest BCUT2D eigenvalue weighted by Crippen LogP contribution is -2.39. The van der Waals surface area contributed by atoms with Crippen molar-refractivity contribution in [3.63, 3.8) is 0 Å². The van der Waals surface area contributed by atoms with E-state index in [9.17, 15) is 17.6 Å². The van der Waals surface area contributed by atoms with Gasteiger partial charge in [0.2, 0.25) is 5.95 Å². The van der Waals surface area contributed by atoms with E-state index in [1.807, 2.05) is 24.8 Å². The van der Waals surface area contributed by atoms with Crippen LogP contribution in [-0.2, 0) is 13.6 Å². The molecule has 5 nitrogen and oxygen atoms in total. The lowest BCUT2D eigenvalue weighted by molar-refractivity contribution is -0.179. The molecule has 0 atom stereocenters. The molecule has 1 saturated heterocycles. The molecular formula is C23H27Cl2F4N5. The van der Waals surface area contributed by atoms with Crippen LogP contribution >= 0.6 is 23.2 Å². The van der Waals surface area contributed by atoms with Crippen LogP contribution in [0.5, 0.6) is 0 Å². The first-order valence-corrected chi connectivity index (χ1v) is 11.8. The molecule has 2 aromatic carbocycles. The SMILES string of the molecule is CC.Cn1c(Nc2cc(CN)c(F)cc2Cl)nc2cc(Cl)c(N3CCC(C(F)(F)F)CC3)cc21. The Balaban J connectivity index is 0.00000158. The van der Waals surface area contributed by atoms with Gasteiger partial charge in [-0.1, -0.05) is 37.0 Å². The first kappa shape index (κ1) is 26.4. The third-order valence-electron chi connectivity index (χ3n) is 5.85. The predicted octanol–water partition coefficient (Wildman–Crippen LogP) is 7.03. The second kappa shape index (κ2) is 10.6. The van der Waals surface area contributed by atoms with Crippen LogP contribution in [0.3, 0.4) is 0 Å². The molecule has 0 unspecified atom stereocenters. The number of nitrogens with zero attached hydrogens (tertiary/aromatic N) is 3. The summed E-state index contributed by atoms with van der Waals surface area (Å²) in [6, 6.07) is 6.22. The van der Waals surface area contributed by atoms with E-state index in [2.05, 4.69) is 10.3 Å². The minimum absolute atomic E-state index is 0.0181. The van der Waals surface area contributed by atoms with E-state index in [0.717, 1.165) is 5.52 Å². The Labute approximate surface area is 205 Å². The molecule has 1 aromatic heterocycles. The first-order valence-electron chi connectivity index (χ1n) is 11.0. The number of alkyl halides is 3. The fourth-order valence-electron chi connectivity index (χ4n) is 3.97. The van der Waals surface area contributed by atoms with Crippen LogP contribution in [-0.4, -0.2) is 28.8 Å². The van der Waals surface area contributed by atoms with Gasteiger partial charge >= 0.3 is 6.18 Å². The number of halogens is 6. The number of nitrogens with one attached hydrogen (secondary N) is 1. The van der Waals surface area contributed by atoms with Crippen LogP contribution < -0.4 is 16.0 Å². The van der Waals surface area contributed by atoms with Gasteiger partial charge in [0, 0.05) is 32.2 Å². The molecule has 0 amide bonds. The van der Waals surface area contributed by atoms with Gasteiger partial charge in [0.25, 0.3) is 0 Å². The number of piperidine rings is 1. The summed E-state index contributed by atoms with van der Waals surface area (Å²) >= 11 is 12.6. The summed E-state index contributed by atoms with van der Waals surface area (Å²) in [5.74, 6) is -1.33. The molecular weight excluding hydrogens is 493 g/mol. The number of rotatable bonds is 4. The Hall–Kier alpha value is -2.23. The molecule has 0 aliphatic carbocycles. The van der Waals surface area contributed by atoms with Crippen LogP contribution in [0.4, 0.5) is 34.9 Å². The van der Waals surface area contributed by atoms with E-state index >= 15 is 0 Å². The molecule has 0 saturated carbocycles. The average molecular weight is 520 g/mol. The number of anilines is 3. The first-order chi connectivity index (χ1) is 16.1. The van der Waals surface area contributed by atoms with E-state index in [1.165, 1.54) is 12.1 Å². The van der Waals surface area contributed by atoms with Crippen molar-refractivity contribution in [1.29, 1.82) is 0 Å². The number of nitrogens with two attached hydrogens (primary N) is 1. The largest absolute Gasteiger partial charge is 0.391 e. The van der Waals surface area contributed by atoms with Crippen LogP contribution in [0.2, 0.25) is 10.0 Å². The monoisotopic (exact) mass is 519 g/mol. The summed E-state index contributed by atoms with van der Waals surface area (Å²) in [4.78, 5) is 6.40. The van der Waals surface area contributed by atoms with Gasteiger partial charge in [-0.2, -0.15) is 13.2 Å². The van der Waals surface area contributed by atoms with E-state index in [0.29, 0.717) is 33.4 Å². The Morgan fingerprint density at radius 3 is 2.32 bits per heavy atom. The van der Waals surface area contributed by atoms with Crippen molar-refractivity contribution < 1.29 is 17.6 Å². The molecule has 11 heteroatoms. The van der Waals surface area contributed by atoms with Gasteiger partial charge in [0.15, 0.2) is 0 Å². The maximum atomic E-state index is 13.9. The summed E-state index contributed by atoms with van der Waals surface area (Å²) in [7, 11) is 1.78. The highest BCUT2D eigenvalue weighted by atomic mass is 35.5. The van der Waals surface area contributed by atoms with Crippen molar-refractivity contribution in [3.8, 4) is 0 Å². The average Bonchev–Trinajstić information content (AvgIpc) is 3.10. The third-order valence-corrected chi connectivity index (χ3v) is 6.47. The topological polar surface area (TPSA) is 59.1 Å². The number of imidazole rings is 1. The summed E-state index contributed by atoms with van der Waals surface area (Å²) in [6.07, 6.45) is -4.11. The summed E-state index contributed by atoms with van der Waals surface area (Å²) in [5.41, 5.74) is 8.34. The number of benzene rings is 2. The molecule has 186 valence electrons. The summed E-state index contributed by atoms with van der Waals surface area (Å²) in [6.45, 7) is 4.56. The van der Waals surface area contributed by atoms with E-state index in [1.54, 1.807) is 17.7 Å². The number of aryl methyl sites for hydroxylation is 1. The van der Waals surface area contributed by atoms with Gasteiger partial charge in [-0.05, 0) is 37.1 Å². The molecule has 1 aliphatic heterocycles. The zero-order chi connectivity index (χ0) is 25.2. The Bertz CT molecular complexity index is 1150. The minimum atomic E-state index is -4.17. The van der Waals surface area contributed by atoms with E-state index < -0.39 is 17.9 Å². The van der Waals surface area contributed by atoms with Crippen molar-refractivity contribution in [2.24, 2.45) is 18.7 Å². The third kappa shape index (κ3) is 5.37. The number of aromatic nitrogens is 2. The molecule has 0 spiro atoms. The van der Waals surface area contributed by atoms with Gasteiger partial charge in [0.05, 0.1) is 38.4 Å². The van der Waals surface area contributed by atoms with Gasteiger partial charge in [-0.3, -0.25) is 0 Å². The highest BCUT2D eigenvalue weighted by Gasteiger charge is 2.41. The summed E-state index contributed by atoms with van der Waals surface area (Å²) in [5, 5.41) is 3.68. The molecule has 4 rings (SSSR count). The second-order valence-electron chi connectivity index (χ2n) is 7.84. The zero-order valence-corrected chi connectivity index (χ0v) is 20.6. The van der Waals surface area contributed by atoms with Crippen molar-refractivity contribution in [2.45, 2.75) is 39.4 Å². The molecule has 1 fully saturated rings. The van der Waals surface area contributed by atoms with Crippen LogP contribution in [0.15, 0.2) is 24.3 Å². The Morgan fingerprint density at radius 2 is 1.74 bits per heavy atom. The fourth-order valence-corrected chi connectivity index (χ4v) is 4.45.